The molecule has 0 saturated heterocycles. The van der Waals surface area contributed by atoms with Gasteiger partial charge in [-0.25, -0.2) is 0 Å². The summed E-state index contributed by atoms with van der Waals surface area (Å²) in [6, 6.07) is 8.13. The van der Waals surface area contributed by atoms with E-state index < -0.39 is 0 Å². The van der Waals surface area contributed by atoms with Crippen molar-refractivity contribution in [1.29, 1.82) is 0 Å². The summed E-state index contributed by atoms with van der Waals surface area (Å²) in [6.45, 7) is 0.552. The Morgan fingerprint density at radius 2 is 2.21 bits per heavy atom. The summed E-state index contributed by atoms with van der Waals surface area (Å²) in [5.74, 6) is 0.125. The number of aryl methyl sites for hydroxylation is 1. The third kappa shape index (κ3) is 3.38. The van der Waals surface area contributed by atoms with Crippen LogP contribution in [0.5, 0.6) is 0 Å². The van der Waals surface area contributed by atoms with Gasteiger partial charge in [0, 0.05) is 42.6 Å². The van der Waals surface area contributed by atoms with Gasteiger partial charge in [-0.15, -0.1) is 0 Å². The Labute approximate surface area is 117 Å². The molecule has 0 radical (unpaired) electrons. The first kappa shape index (κ1) is 13.7. The van der Waals surface area contributed by atoms with E-state index >= 15 is 0 Å². The highest BCUT2D eigenvalue weighted by atomic mass is 35.5. The van der Waals surface area contributed by atoms with Crippen molar-refractivity contribution < 1.29 is 4.79 Å². The zero-order chi connectivity index (χ0) is 13.7. The van der Waals surface area contributed by atoms with Crippen LogP contribution in [-0.4, -0.2) is 29.4 Å². The van der Waals surface area contributed by atoms with Crippen molar-refractivity contribution in [2.45, 2.75) is 12.8 Å². The smallest absolute Gasteiger partial charge is 0.222 e. The van der Waals surface area contributed by atoms with Gasteiger partial charge in [0.25, 0.3) is 0 Å². The monoisotopic (exact) mass is 276 g/mol. The molecular weight excluding hydrogens is 260 g/mol. The quantitative estimate of drug-likeness (QED) is 0.894. The van der Waals surface area contributed by atoms with Gasteiger partial charge in [-0.1, -0.05) is 35.9 Å². The van der Waals surface area contributed by atoms with Crippen LogP contribution in [0.15, 0.2) is 42.1 Å². The normalized spacial score (nSPS) is 11.3. The molecule has 1 amide bonds. The number of halogens is 1. The Kier molecular flexibility index (Phi) is 4.63. The minimum atomic E-state index is 0.125. The number of hydrogen-bond acceptors (Lipinski definition) is 1. The summed E-state index contributed by atoms with van der Waals surface area (Å²) in [5.41, 5.74) is 3.73. The first-order valence-electron chi connectivity index (χ1n) is 6.26. The summed E-state index contributed by atoms with van der Waals surface area (Å²) in [6.07, 6.45) is 4.99. The molecule has 1 N–H and O–H groups in total. The summed E-state index contributed by atoms with van der Waals surface area (Å²) in [7, 11) is 1.79. The second-order valence-corrected chi connectivity index (χ2v) is 4.75. The van der Waals surface area contributed by atoms with Gasteiger partial charge in [-0.3, -0.25) is 4.79 Å². The Balaban J connectivity index is 1.97. The average molecular weight is 277 g/mol. The maximum Gasteiger partial charge on any atom is 0.222 e. The fourth-order valence-corrected chi connectivity index (χ4v) is 2.15. The molecule has 1 aromatic heterocycles. The second kappa shape index (κ2) is 6.43. The minimum absolute atomic E-state index is 0.125. The Hall–Kier alpha value is -1.74. The number of para-hydroxylation sites is 1. The number of carbonyl (C=O) groups is 1. The van der Waals surface area contributed by atoms with E-state index in [4.69, 9.17) is 11.6 Å². The molecule has 0 atom stereocenters. The van der Waals surface area contributed by atoms with Crippen molar-refractivity contribution in [3.8, 4) is 0 Å². The summed E-state index contributed by atoms with van der Waals surface area (Å²) >= 11 is 5.45. The molecule has 0 fully saturated rings. The van der Waals surface area contributed by atoms with Gasteiger partial charge in [0.15, 0.2) is 0 Å². The molecule has 0 saturated carbocycles. The number of amides is 1. The lowest BCUT2D eigenvalue weighted by atomic mass is 10.1. The highest BCUT2D eigenvalue weighted by molar-refractivity contribution is 6.25. The van der Waals surface area contributed by atoms with Gasteiger partial charge in [0.05, 0.1) is 0 Å². The molecule has 100 valence electrons. The van der Waals surface area contributed by atoms with Gasteiger partial charge < -0.3 is 9.88 Å². The number of H-pyrrole nitrogens is 1. The van der Waals surface area contributed by atoms with Gasteiger partial charge in [0.2, 0.25) is 5.91 Å². The summed E-state index contributed by atoms with van der Waals surface area (Å²) in [5, 5.41) is 1.19. The first-order valence-corrected chi connectivity index (χ1v) is 6.70. The molecule has 4 heteroatoms. The number of benzene rings is 1. The Bertz CT molecular complexity index is 589. The van der Waals surface area contributed by atoms with Crippen LogP contribution < -0.4 is 0 Å². The third-order valence-electron chi connectivity index (χ3n) is 3.18. The number of rotatable bonds is 5. The van der Waals surface area contributed by atoms with Crippen molar-refractivity contribution in [2.24, 2.45) is 0 Å². The number of nitrogens with one attached hydrogen (secondary N) is 1. The zero-order valence-electron chi connectivity index (χ0n) is 10.9. The van der Waals surface area contributed by atoms with Crippen molar-refractivity contribution in [2.75, 3.05) is 13.6 Å². The van der Waals surface area contributed by atoms with E-state index in [-0.39, 0.29) is 5.91 Å². The molecule has 0 spiro atoms. The van der Waals surface area contributed by atoms with E-state index in [0.717, 1.165) is 11.9 Å². The highest BCUT2D eigenvalue weighted by Gasteiger charge is 2.09. The SMILES string of the molecule is CN(C/C=C/Cl)C(=O)CCc1c[nH]c2ccccc12. The standard InChI is InChI=1S/C15H17ClN2O/c1-18(10-4-9-16)15(19)8-7-12-11-17-14-6-3-2-5-13(12)14/h2-6,9,11,17H,7-8,10H2,1H3/b9-4+. The molecule has 0 aliphatic carbocycles. The molecule has 3 nitrogen and oxygen atoms in total. The van der Waals surface area contributed by atoms with Crippen LogP contribution in [0.4, 0.5) is 0 Å². The number of carbonyl (C=O) groups excluding carboxylic acids is 1. The fourth-order valence-electron chi connectivity index (χ4n) is 2.07. The molecule has 0 aliphatic rings. The van der Waals surface area contributed by atoms with Gasteiger partial charge in [-0.05, 0) is 18.1 Å². The van der Waals surface area contributed by atoms with Crippen LogP contribution in [0.25, 0.3) is 10.9 Å². The van der Waals surface area contributed by atoms with Crippen LogP contribution in [-0.2, 0) is 11.2 Å². The predicted molar refractivity (Wildman–Crippen MR) is 79.2 cm³/mol. The highest BCUT2D eigenvalue weighted by Crippen LogP contribution is 2.19. The lowest BCUT2D eigenvalue weighted by Crippen LogP contribution is -2.26. The number of nitrogens with zero attached hydrogens (tertiary/aromatic N) is 1. The molecule has 0 bridgehead atoms. The van der Waals surface area contributed by atoms with Crippen LogP contribution in [0.2, 0.25) is 0 Å². The lowest BCUT2D eigenvalue weighted by molar-refractivity contribution is -0.129. The number of hydrogen-bond donors (Lipinski definition) is 1. The van der Waals surface area contributed by atoms with Crippen molar-refractivity contribution >= 4 is 28.4 Å². The Morgan fingerprint density at radius 1 is 1.42 bits per heavy atom. The van der Waals surface area contributed by atoms with E-state index in [1.54, 1.807) is 18.0 Å². The molecule has 2 rings (SSSR count). The molecule has 19 heavy (non-hydrogen) atoms. The first-order chi connectivity index (χ1) is 9.22. The topological polar surface area (TPSA) is 36.1 Å². The third-order valence-corrected chi connectivity index (χ3v) is 3.36. The minimum Gasteiger partial charge on any atom is -0.361 e. The molecule has 0 aliphatic heterocycles. The molecule has 2 aromatic rings. The number of aromatic amines is 1. The molecule has 1 heterocycles. The van der Waals surface area contributed by atoms with E-state index in [2.05, 4.69) is 11.1 Å². The van der Waals surface area contributed by atoms with Gasteiger partial charge in [-0.2, -0.15) is 0 Å². The second-order valence-electron chi connectivity index (χ2n) is 4.50. The van der Waals surface area contributed by atoms with Gasteiger partial charge >= 0.3 is 0 Å². The van der Waals surface area contributed by atoms with E-state index in [1.807, 2.05) is 24.4 Å². The van der Waals surface area contributed by atoms with E-state index in [9.17, 15) is 4.79 Å². The number of likely N-dealkylation sites (N-methyl/N-ethyl adjacent to an activating group) is 1. The summed E-state index contributed by atoms with van der Waals surface area (Å²) in [4.78, 5) is 16.8. The number of fused-ring (bicyclic) bond motifs is 1. The van der Waals surface area contributed by atoms with Crippen LogP contribution in [0, 0.1) is 0 Å². The molecule has 1 aromatic carbocycles. The van der Waals surface area contributed by atoms with Crippen LogP contribution >= 0.6 is 11.6 Å². The van der Waals surface area contributed by atoms with Crippen molar-refractivity contribution in [1.82, 2.24) is 9.88 Å². The maximum absolute atomic E-state index is 11.9. The Morgan fingerprint density at radius 3 is 3.00 bits per heavy atom. The molecule has 0 unspecified atom stereocenters. The molecular formula is C15H17ClN2O. The van der Waals surface area contributed by atoms with E-state index in [0.29, 0.717) is 13.0 Å². The van der Waals surface area contributed by atoms with Crippen molar-refractivity contribution in [3.63, 3.8) is 0 Å². The number of aromatic nitrogens is 1. The fraction of sp³-hybridized carbons (Fsp3) is 0.267. The average Bonchev–Trinajstić information content (AvgIpc) is 2.85. The maximum atomic E-state index is 11.9. The van der Waals surface area contributed by atoms with Crippen LogP contribution in [0.1, 0.15) is 12.0 Å². The zero-order valence-corrected chi connectivity index (χ0v) is 11.7. The van der Waals surface area contributed by atoms with E-state index in [1.165, 1.54) is 16.5 Å². The lowest BCUT2D eigenvalue weighted by Gasteiger charge is -2.14. The van der Waals surface area contributed by atoms with Crippen LogP contribution in [0.3, 0.4) is 0 Å². The van der Waals surface area contributed by atoms with Gasteiger partial charge in [0.1, 0.15) is 0 Å². The summed E-state index contributed by atoms with van der Waals surface area (Å²) < 4.78 is 0. The largest absolute Gasteiger partial charge is 0.361 e. The predicted octanol–water partition coefficient (Wildman–Crippen LogP) is 3.31. The van der Waals surface area contributed by atoms with Crippen molar-refractivity contribution in [3.05, 3.63) is 47.6 Å².